The van der Waals surface area contributed by atoms with Gasteiger partial charge in [-0.3, -0.25) is 0 Å². The first-order chi connectivity index (χ1) is 6.31. The average Bonchev–Trinajstić information content (AvgIpc) is 2.16. The number of rotatable bonds is 9. The molecule has 0 heterocycles. The van der Waals surface area contributed by atoms with E-state index in [1.807, 2.05) is 0 Å². The molecule has 0 aromatic heterocycles. The highest BCUT2D eigenvalue weighted by Gasteiger charge is 1.96. The van der Waals surface area contributed by atoms with Crippen molar-refractivity contribution in [1.29, 1.82) is 0 Å². The van der Waals surface area contributed by atoms with E-state index in [1.165, 1.54) is 25.8 Å². The summed E-state index contributed by atoms with van der Waals surface area (Å²) in [6, 6.07) is 0. The Bertz CT molecular complexity index is 94.1. The summed E-state index contributed by atoms with van der Waals surface area (Å²) in [4.78, 5) is 0. The van der Waals surface area contributed by atoms with E-state index < -0.39 is 0 Å². The molecule has 13 heavy (non-hydrogen) atoms. The maximum absolute atomic E-state index is 3.45. The molecule has 0 amide bonds. The Kier molecular flexibility index (Phi) is 9.94. The average molecular weight is 186 g/mol. The fourth-order valence-electron chi connectivity index (χ4n) is 1.16. The zero-order chi connectivity index (χ0) is 9.94. The van der Waals surface area contributed by atoms with Crippen molar-refractivity contribution in [3.8, 4) is 0 Å². The van der Waals surface area contributed by atoms with Crippen LogP contribution < -0.4 is 10.6 Å². The molecule has 0 aliphatic carbocycles. The molecule has 0 spiro atoms. The standard InChI is InChI=1S/C11H26N2/c1-4-7-12-9-10-13-8-6-11(3)5-2/h11-13H,4-10H2,1-3H3. The van der Waals surface area contributed by atoms with Crippen molar-refractivity contribution in [2.24, 2.45) is 5.92 Å². The molecule has 0 aromatic rings. The van der Waals surface area contributed by atoms with Crippen LogP contribution in [0.1, 0.15) is 40.0 Å². The first kappa shape index (κ1) is 12.9. The summed E-state index contributed by atoms with van der Waals surface area (Å²) < 4.78 is 0. The molecule has 1 atom stereocenters. The lowest BCUT2D eigenvalue weighted by Crippen LogP contribution is -2.28. The third kappa shape index (κ3) is 9.84. The Balaban J connectivity index is 2.91. The molecule has 0 aliphatic rings. The van der Waals surface area contributed by atoms with E-state index in [2.05, 4.69) is 31.4 Å². The number of hydrogen-bond donors (Lipinski definition) is 2. The Morgan fingerprint density at radius 2 is 1.54 bits per heavy atom. The molecule has 0 rings (SSSR count). The van der Waals surface area contributed by atoms with Crippen molar-refractivity contribution in [3.05, 3.63) is 0 Å². The van der Waals surface area contributed by atoms with Crippen molar-refractivity contribution >= 4 is 0 Å². The molecule has 1 unspecified atom stereocenters. The molecule has 2 N–H and O–H groups in total. The summed E-state index contributed by atoms with van der Waals surface area (Å²) >= 11 is 0. The lowest BCUT2D eigenvalue weighted by molar-refractivity contribution is 0.484. The molecule has 0 radical (unpaired) electrons. The minimum absolute atomic E-state index is 0.871. The molecule has 80 valence electrons. The number of hydrogen-bond acceptors (Lipinski definition) is 2. The van der Waals surface area contributed by atoms with Crippen molar-refractivity contribution < 1.29 is 0 Å². The fraction of sp³-hybridized carbons (Fsp3) is 1.00. The highest BCUT2D eigenvalue weighted by molar-refractivity contribution is 4.55. The van der Waals surface area contributed by atoms with Gasteiger partial charge in [0, 0.05) is 13.1 Å². The molecule has 0 saturated heterocycles. The summed E-state index contributed by atoms with van der Waals surface area (Å²) in [5, 5.41) is 6.82. The smallest absolute Gasteiger partial charge is 0.00767 e. The van der Waals surface area contributed by atoms with Crippen LogP contribution in [0.5, 0.6) is 0 Å². The molecule has 0 bridgehead atoms. The van der Waals surface area contributed by atoms with Gasteiger partial charge in [0.25, 0.3) is 0 Å². The summed E-state index contributed by atoms with van der Waals surface area (Å²) in [5.74, 6) is 0.871. The van der Waals surface area contributed by atoms with Gasteiger partial charge in [0.2, 0.25) is 0 Å². The predicted octanol–water partition coefficient (Wildman–Crippen LogP) is 2.01. The van der Waals surface area contributed by atoms with E-state index >= 15 is 0 Å². The molecule has 2 heteroatoms. The van der Waals surface area contributed by atoms with Crippen molar-refractivity contribution in [2.45, 2.75) is 40.0 Å². The maximum Gasteiger partial charge on any atom is 0.00767 e. The van der Waals surface area contributed by atoms with E-state index in [4.69, 9.17) is 0 Å². The normalized spacial score (nSPS) is 13.2. The summed E-state index contributed by atoms with van der Waals surface area (Å²) in [6.45, 7) is 11.3. The van der Waals surface area contributed by atoms with Crippen LogP contribution in [0.2, 0.25) is 0 Å². The van der Waals surface area contributed by atoms with Crippen LogP contribution >= 0.6 is 0 Å². The third-order valence-corrected chi connectivity index (χ3v) is 2.42. The maximum atomic E-state index is 3.45. The van der Waals surface area contributed by atoms with Crippen LogP contribution in [0, 0.1) is 5.92 Å². The van der Waals surface area contributed by atoms with Crippen LogP contribution in [0.15, 0.2) is 0 Å². The lowest BCUT2D eigenvalue weighted by atomic mass is 10.1. The van der Waals surface area contributed by atoms with Crippen molar-refractivity contribution in [3.63, 3.8) is 0 Å². The van der Waals surface area contributed by atoms with Gasteiger partial charge in [-0.05, 0) is 31.8 Å². The van der Waals surface area contributed by atoms with Gasteiger partial charge in [-0.1, -0.05) is 27.2 Å². The Morgan fingerprint density at radius 3 is 2.08 bits per heavy atom. The SMILES string of the molecule is CCCNCCNCCC(C)CC. The van der Waals surface area contributed by atoms with Gasteiger partial charge in [-0.2, -0.15) is 0 Å². The molecule has 0 fully saturated rings. The fourth-order valence-corrected chi connectivity index (χ4v) is 1.16. The number of nitrogens with one attached hydrogen (secondary N) is 2. The van der Waals surface area contributed by atoms with Gasteiger partial charge in [0.15, 0.2) is 0 Å². The molecular weight excluding hydrogens is 160 g/mol. The van der Waals surface area contributed by atoms with Crippen LogP contribution in [0.4, 0.5) is 0 Å². The first-order valence-electron chi connectivity index (χ1n) is 5.72. The summed E-state index contributed by atoms with van der Waals surface area (Å²) in [6.07, 6.45) is 3.84. The van der Waals surface area contributed by atoms with Gasteiger partial charge >= 0.3 is 0 Å². The second kappa shape index (κ2) is 10.0. The molecule has 0 saturated carbocycles. The van der Waals surface area contributed by atoms with Crippen molar-refractivity contribution in [2.75, 3.05) is 26.2 Å². The van der Waals surface area contributed by atoms with E-state index in [0.717, 1.165) is 25.6 Å². The Hall–Kier alpha value is -0.0800. The molecule has 0 aromatic carbocycles. The van der Waals surface area contributed by atoms with E-state index in [1.54, 1.807) is 0 Å². The third-order valence-electron chi connectivity index (χ3n) is 2.42. The van der Waals surface area contributed by atoms with Gasteiger partial charge < -0.3 is 10.6 Å². The van der Waals surface area contributed by atoms with Gasteiger partial charge in [-0.15, -0.1) is 0 Å². The van der Waals surface area contributed by atoms with Gasteiger partial charge in [0.05, 0.1) is 0 Å². The molecule has 2 nitrogen and oxygen atoms in total. The predicted molar refractivity (Wildman–Crippen MR) is 60.1 cm³/mol. The second-order valence-electron chi connectivity index (χ2n) is 3.80. The summed E-state index contributed by atoms with van der Waals surface area (Å²) in [7, 11) is 0. The molecular formula is C11H26N2. The largest absolute Gasteiger partial charge is 0.315 e. The Morgan fingerprint density at radius 1 is 0.923 bits per heavy atom. The Labute approximate surface area is 83.5 Å². The van der Waals surface area contributed by atoms with Crippen molar-refractivity contribution in [1.82, 2.24) is 10.6 Å². The van der Waals surface area contributed by atoms with Gasteiger partial charge in [0.1, 0.15) is 0 Å². The van der Waals surface area contributed by atoms with Crippen LogP contribution in [0.25, 0.3) is 0 Å². The van der Waals surface area contributed by atoms with Crippen LogP contribution in [-0.4, -0.2) is 26.2 Å². The highest BCUT2D eigenvalue weighted by Crippen LogP contribution is 2.03. The zero-order valence-electron chi connectivity index (χ0n) is 9.53. The first-order valence-corrected chi connectivity index (χ1v) is 5.72. The molecule has 0 aliphatic heterocycles. The lowest BCUT2D eigenvalue weighted by Gasteiger charge is -2.09. The van der Waals surface area contributed by atoms with E-state index in [9.17, 15) is 0 Å². The van der Waals surface area contributed by atoms with Gasteiger partial charge in [-0.25, -0.2) is 0 Å². The minimum Gasteiger partial charge on any atom is -0.315 e. The summed E-state index contributed by atoms with van der Waals surface area (Å²) in [5.41, 5.74) is 0. The van der Waals surface area contributed by atoms with E-state index in [0.29, 0.717) is 0 Å². The van der Waals surface area contributed by atoms with Crippen LogP contribution in [-0.2, 0) is 0 Å². The second-order valence-corrected chi connectivity index (χ2v) is 3.80. The topological polar surface area (TPSA) is 24.1 Å². The quantitative estimate of drug-likeness (QED) is 0.538. The minimum atomic E-state index is 0.871. The monoisotopic (exact) mass is 186 g/mol. The zero-order valence-corrected chi connectivity index (χ0v) is 9.53. The highest BCUT2D eigenvalue weighted by atomic mass is 14.9. The van der Waals surface area contributed by atoms with E-state index in [-0.39, 0.29) is 0 Å². The van der Waals surface area contributed by atoms with Crippen LogP contribution in [0.3, 0.4) is 0 Å².